The molecule has 1 aliphatic heterocycles. The molecule has 1 saturated heterocycles. The fraction of sp³-hybridized carbons (Fsp3) is 0.611. The second kappa shape index (κ2) is 8.35. The molecule has 2 rings (SSSR count). The van der Waals surface area contributed by atoms with E-state index in [1.165, 1.54) is 0 Å². The Bertz CT molecular complexity index is 540. The molecule has 6 heteroatoms. The molecule has 3 atom stereocenters. The molecule has 1 aromatic rings. The van der Waals surface area contributed by atoms with E-state index < -0.39 is 0 Å². The van der Waals surface area contributed by atoms with Gasteiger partial charge in [-0.2, -0.15) is 0 Å². The maximum absolute atomic E-state index is 12.1. The first kappa shape index (κ1) is 18.5. The number of nitrogens with two attached hydrogens (primary N) is 1. The zero-order chi connectivity index (χ0) is 17.7. The molecule has 3 N–H and O–H groups in total. The summed E-state index contributed by atoms with van der Waals surface area (Å²) < 4.78 is 10.6. The Morgan fingerprint density at radius 1 is 1.29 bits per heavy atom. The van der Waals surface area contributed by atoms with Crippen molar-refractivity contribution in [2.24, 2.45) is 11.7 Å². The lowest BCUT2D eigenvalue weighted by Gasteiger charge is -2.20. The van der Waals surface area contributed by atoms with Crippen LogP contribution in [0.15, 0.2) is 18.2 Å². The molecule has 1 heterocycles. The molecule has 3 unspecified atom stereocenters. The molecule has 1 amide bonds. The van der Waals surface area contributed by atoms with Gasteiger partial charge in [0.25, 0.3) is 0 Å². The largest absolute Gasteiger partial charge is 0.497 e. The van der Waals surface area contributed by atoms with Crippen LogP contribution in [0.3, 0.4) is 0 Å². The van der Waals surface area contributed by atoms with Gasteiger partial charge in [-0.1, -0.05) is 6.92 Å². The zero-order valence-corrected chi connectivity index (χ0v) is 15.0. The summed E-state index contributed by atoms with van der Waals surface area (Å²) in [5.74, 6) is 1.46. The Balaban J connectivity index is 1.91. The second-order valence-corrected chi connectivity index (χ2v) is 6.60. The van der Waals surface area contributed by atoms with Gasteiger partial charge < -0.3 is 20.5 Å². The molecule has 24 heavy (non-hydrogen) atoms. The quantitative estimate of drug-likeness (QED) is 0.787. The molecule has 0 spiro atoms. The Morgan fingerprint density at radius 2 is 1.92 bits per heavy atom. The summed E-state index contributed by atoms with van der Waals surface area (Å²) in [6.07, 6.45) is 0.957. The first-order valence-corrected chi connectivity index (χ1v) is 8.43. The molecule has 0 aromatic heterocycles. The fourth-order valence-corrected chi connectivity index (χ4v) is 2.88. The molecular formula is C18H29N3O3. The topological polar surface area (TPSA) is 76.8 Å². The fourth-order valence-electron chi connectivity index (χ4n) is 2.88. The summed E-state index contributed by atoms with van der Waals surface area (Å²) >= 11 is 0. The van der Waals surface area contributed by atoms with Gasteiger partial charge in [0.15, 0.2) is 0 Å². The van der Waals surface area contributed by atoms with Gasteiger partial charge in [0, 0.05) is 43.7 Å². The Morgan fingerprint density at radius 3 is 2.46 bits per heavy atom. The maximum atomic E-state index is 12.1. The van der Waals surface area contributed by atoms with E-state index in [0.717, 1.165) is 43.1 Å². The van der Waals surface area contributed by atoms with Gasteiger partial charge >= 0.3 is 0 Å². The maximum Gasteiger partial charge on any atom is 0.224 e. The molecule has 0 saturated carbocycles. The van der Waals surface area contributed by atoms with E-state index in [1.807, 2.05) is 32.0 Å². The van der Waals surface area contributed by atoms with Gasteiger partial charge in [-0.25, -0.2) is 0 Å². The number of carbonyl (C=O) groups is 1. The first-order valence-electron chi connectivity index (χ1n) is 8.43. The van der Waals surface area contributed by atoms with Crippen LogP contribution in [0.2, 0.25) is 0 Å². The standard InChI is InChI=1S/C18H29N3O3/c1-12(13(2)19)18(22)20-15-5-6-21(11-15)10-14-7-16(23-3)9-17(8-14)24-4/h7-9,12-13,15H,5-6,10-11,19H2,1-4H3,(H,20,22). The lowest BCUT2D eigenvalue weighted by molar-refractivity contribution is -0.125. The SMILES string of the molecule is COc1cc(CN2CCC(NC(=O)C(C)C(C)N)C2)cc(OC)c1. The van der Waals surface area contributed by atoms with Crippen LogP contribution >= 0.6 is 0 Å². The van der Waals surface area contributed by atoms with Crippen molar-refractivity contribution in [3.05, 3.63) is 23.8 Å². The number of hydrogen-bond donors (Lipinski definition) is 2. The van der Waals surface area contributed by atoms with Crippen LogP contribution in [0.25, 0.3) is 0 Å². The monoisotopic (exact) mass is 335 g/mol. The number of nitrogens with zero attached hydrogens (tertiary/aromatic N) is 1. The van der Waals surface area contributed by atoms with Crippen molar-refractivity contribution < 1.29 is 14.3 Å². The van der Waals surface area contributed by atoms with Crippen LogP contribution in [-0.4, -0.2) is 50.2 Å². The van der Waals surface area contributed by atoms with Crippen molar-refractivity contribution in [3.8, 4) is 11.5 Å². The van der Waals surface area contributed by atoms with E-state index in [1.54, 1.807) is 14.2 Å². The van der Waals surface area contributed by atoms with Crippen LogP contribution < -0.4 is 20.5 Å². The molecule has 0 radical (unpaired) electrons. The highest BCUT2D eigenvalue weighted by atomic mass is 16.5. The summed E-state index contributed by atoms with van der Waals surface area (Å²) in [5.41, 5.74) is 6.94. The van der Waals surface area contributed by atoms with E-state index in [0.29, 0.717) is 0 Å². The zero-order valence-electron chi connectivity index (χ0n) is 15.0. The number of methoxy groups -OCH3 is 2. The number of amides is 1. The van der Waals surface area contributed by atoms with E-state index in [2.05, 4.69) is 10.2 Å². The lowest BCUT2D eigenvalue weighted by atomic mass is 10.0. The highest BCUT2D eigenvalue weighted by molar-refractivity contribution is 5.79. The summed E-state index contributed by atoms with van der Waals surface area (Å²) in [5, 5.41) is 3.11. The van der Waals surface area contributed by atoms with E-state index in [9.17, 15) is 4.79 Å². The van der Waals surface area contributed by atoms with Gasteiger partial charge in [-0.05, 0) is 31.0 Å². The smallest absolute Gasteiger partial charge is 0.224 e. The predicted octanol–water partition coefficient (Wildman–Crippen LogP) is 1.38. The van der Waals surface area contributed by atoms with Gasteiger partial charge in [0.2, 0.25) is 5.91 Å². The first-order chi connectivity index (χ1) is 11.4. The summed E-state index contributed by atoms with van der Waals surface area (Å²) in [7, 11) is 3.30. The lowest BCUT2D eigenvalue weighted by Crippen LogP contribution is -2.44. The number of hydrogen-bond acceptors (Lipinski definition) is 5. The number of ether oxygens (including phenoxy) is 2. The predicted molar refractivity (Wildman–Crippen MR) is 94.2 cm³/mol. The Labute approximate surface area is 144 Å². The minimum Gasteiger partial charge on any atom is -0.497 e. The Kier molecular flexibility index (Phi) is 6.45. The van der Waals surface area contributed by atoms with Gasteiger partial charge in [-0.15, -0.1) is 0 Å². The highest BCUT2D eigenvalue weighted by Crippen LogP contribution is 2.24. The van der Waals surface area contributed by atoms with Crippen LogP contribution in [0.5, 0.6) is 11.5 Å². The number of likely N-dealkylation sites (tertiary alicyclic amines) is 1. The number of rotatable bonds is 7. The molecule has 1 aliphatic rings. The average molecular weight is 335 g/mol. The van der Waals surface area contributed by atoms with E-state index in [4.69, 9.17) is 15.2 Å². The number of carbonyl (C=O) groups excluding carboxylic acids is 1. The molecule has 6 nitrogen and oxygen atoms in total. The van der Waals surface area contributed by atoms with E-state index in [-0.39, 0.29) is 23.9 Å². The third-order valence-corrected chi connectivity index (χ3v) is 4.64. The van der Waals surface area contributed by atoms with Crippen molar-refractivity contribution in [1.82, 2.24) is 10.2 Å². The average Bonchev–Trinajstić information content (AvgIpc) is 3.00. The molecule has 1 aromatic carbocycles. The summed E-state index contributed by atoms with van der Waals surface area (Å²) in [4.78, 5) is 14.5. The molecule has 0 bridgehead atoms. The minimum absolute atomic E-state index is 0.0416. The van der Waals surface area contributed by atoms with Crippen LogP contribution in [0.4, 0.5) is 0 Å². The third kappa shape index (κ3) is 4.85. The van der Waals surface area contributed by atoms with Gasteiger partial charge in [-0.3, -0.25) is 9.69 Å². The molecule has 134 valence electrons. The number of benzene rings is 1. The van der Waals surface area contributed by atoms with Gasteiger partial charge in [0.05, 0.1) is 14.2 Å². The Hall–Kier alpha value is -1.79. The highest BCUT2D eigenvalue weighted by Gasteiger charge is 2.26. The van der Waals surface area contributed by atoms with Crippen molar-refractivity contribution in [2.75, 3.05) is 27.3 Å². The third-order valence-electron chi connectivity index (χ3n) is 4.64. The van der Waals surface area contributed by atoms with Crippen LogP contribution in [0.1, 0.15) is 25.8 Å². The van der Waals surface area contributed by atoms with Crippen LogP contribution in [0, 0.1) is 5.92 Å². The summed E-state index contributed by atoms with van der Waals surface area (Å²) in [6, 6.07) is 5.96. The second-order valence-electron chi connectivity index (χ2n) is 6.60. The van der Waals surface area contributed by atoms with Crippen molar-refractivity contribution in [1.29, 1.82) is 0 Å². The van der Waals surface area contributed by atoms with Crippen LogP contribution in [-0.2, 0) is 11.3 Å². The van der Waals surface area contributed by atoms with Gasteiger partial charge in [0.1, 0.15) is 11.5 Å². The van der Waals surface area contributed by atoms with Crippen molar-refractivity contribution in [2.45, 2.75) is 38.9 Å². The van der Waals surface area contributed by atoms with E-state index >= 15 is 0 Å². The summed E-state index contributed by atoms with van der Waals surface area (Å²) in [6.45, 7) is 6.34. The number of nitrogens with one attached hydrogen (secondary N) is 1. The van der Waals surface area contributed by atoms with Crippen molar-refractivity contribution in [3.63, 3.8) is 0 Å². The molecule has 1 fully saturated rings. The van der Waals surface area contributed by atoms with Crippen molar-refractivity contribution >= 4 is 5.91 Å². The molecular weight excluding hydrogens is 306 g/mol. The minimum atomic E-state index is -0.165. The molecule has 0 aliphatic carbocycles. The normalized spacial score (nSPS) is 20.5.